The molecule has 1 saturated carbocycles. The Morgan fingerprint density at radius 1 is 0.900 bits per heavy atom. The van der Waals surface area contributed by atoms with Crippen molar-refractivity contribution in [3.8, 4) is 5.75 Å². The van der Waals surface area contributed by atoms with E-state index in [-0.39, 0.29) is 11.7 Å². The third kappa shape index (κ3) is 6.18. The number of allylic oxidation sites excluding steroid dienone is 4. The Balaban J connectivity index is 1.47. The van der Waals surface area contributed by atoms with Crippen LogP contribution in [0.2, 0.25) is 0 Å². The minimum absolute atomic E-state index is 0.0171. The Hall–Kier alpha value is -1.64. The summed E-state index contributed by atoms with van der Waals surface area (Å²) in [6.07, 6.45) is 21.5. The first-order valence-corrected chi connectivity index (χ1v) is 12.1. The van der Waals surface area contributed by atoms with Crippen LogP contribution in [0.5, 0.6) is 5.75 Å². The maximum absolute atomic E-state index is 14.5. The highest BCUT2D eigenvalue weighted by Gasteiger charge is 2.26. The zero-order valence-electron chi connectivity index (χ0n) is 18.7. The molecule has 2 unspecified atom stereocenters. The molecule has 0 bridgehead atoms. The van der Waals surface area contributed by atoms with Crippen molar-refractivity contribution in [2.45, 2.75) is 84.0 Å². The van der Waals surface area contributed by atoms with E-state index in [1.54, 1.807) is 19.1 Å². The Morgan fingerprint density at radius 2 is 1.70 bits per heavy atom. The Labute approximate surface area is 181 Å². The van der Waals surface area contributed by atoms with Crippen molar-refractivity contribution >= 4 is 0 Å². The number of unbranched alkanes of at least 4 members (excludes halogenated alkanes) is 2. The SMILES string of the molecule is CCCCCC1C=CC(/C=C/C2CCC(c3ccc(OCC)c(F)c3F)CC2)CC1. The lowest BCUT2D eigenvalue weighted by Crippen LogP contribution is -2.14. The third-order valence-corrected chi connectivity index (χ3v) is 6.90. The minimum atomic E-state index is -0.839. The monoisotopic (exact) mass is 416 g/mol. The fourth-order valence-corrected chi connectivity index (χ4v) is 5.01. The highest BCUT2D eigenvalue weighted by molar-refractivity contribution is 5.33. The van der Waals surface area contributed by atoms with Crippen LogP contribution in [-0.2, 0) is 0 Å². The van der Waals surface area contributed by atoms with Gasteiger partial charge in [0, 0.05) is 0 Å². The molecule has 0 saturated heterocycles. The van der Waals surface area contributed by atoms with Gasteiger partial charge in [0.05, 0.1) is 6.61 Å². The van der Waals surface area contributed by atoms with E-state index in [4.69, 9.17) is 4.74 Å². The number of hydrogen-bond donors (Lipinski definition) is 0. The second kappa shape index (κ2) is 11.7. The molecule has 2 aliphatic rings. The van der Waals surface area contributed by atoms with Crippen LogP contribution in [0.1, 0.15) is 89.5 Å². The third-order valence-electron chi connectivity index (χ3n) is 6.90. The van der Waals surface area contributed by atoms with E-state index < -0.39 is 11.6 Å². The molecule has 2 atom stereocenters. The molecular formula is C27H38F2O. The largest absolute Gasteiger partial charge is 0.491 e. The molecule has 0 radical (unpaired) electrons. The predicted molar refractivity (Wildman–Crippen MR) is 121 cm³/mol. The molecule has 1 fully saturated rings. The zero-order chi connectivity index (χ0) is 21.3. The Morgan fingerprint density at radius 3 is 2.37 bits per heavy atom. The van der Waals surface area contributed by atoms with Crippen LogP contribution in [0.3, 0.4) is 0 Å². The summed E-state index contributed by atoms with van der Waals surface area (Å²) in [4.78, 5) is 0. The number of hydrogen-bond acceptors (Lipinski definition) is 1. The van der Waals surface area contributed by atoms with Crippen molar-refractivity contribution in [2.75, 3.05) is 6.61 Å². The molecular weight excluding hydrogens is 378 g/mol. The maximum Gasteiger partial charge on any atom is 0.200 e. The van der Waals surface area contributed by atoms with Crippen LogP contribution in [0, 0.1) is 29.4 Å². The molecule has 0 spiro atoms. The van der Waals surface area contributed by atoms with E-state index in [0.717, 1.165) is 31.6 Å². The summed E-state index contributed by atoms with van der Waals surface area (Å²) in [5, 5.41) is 0. The zero-order valence-corrected chi connectivity index (χ0v) is 18.7. The summed E-state index contributed by atoms with van der Waals surface area (Å²) in [5.74, 6) is 0.479. The first-order chi connectivity index (χ1) is 14.6. The molecule has 30 heavy (non-hydrogen) atoms. The fraction of sp³-hybridized carbons (Fsp3) is 0.630. The van der Waals surface area contributed by atoms with Crippen molar-refractivity contribution in [3.05, 3.63) is 53.6 Å². The van der Waals surface area contributed by atoms with Gasteiger partial charge in [0.1, 0.15) is 0 Å². The molecule has 1 nitrogen and oxygen atoms in total. The molecule has 0 N–H and O–H groups in total. The van der Waals surface area contributed by atoms with Crippen LogP contribution >= 0.6 is 0 Å². The van der Waals surface area contributed by atoms with Gasteiger partial charge in [0.15, 0.2) is 11.6 Å². The van der Waals surface area contributed by atoms with E-state index in [1.165, 1.54) is 38.5 Å². The quantitative estimate of drug-likeness (QED) is 0.290. The maximum atomic E-state index is 14.5. The van der Waals surface area contributed by atoms with Crippen molar-refractivity contribution in [1.82, 2.24) is 0 Å². The highest BCUT2D eigenvalue weighted by atomic mass is 19.2. The molecule has 0 heterocycles. The van der Waals surface area contributed by atoms with Crippen molar-refractivity contribution < 1.29 is 13.5 Å². The predicted octanol–water partition coefficient (Wildman–Crippen LogP) is 8.36. The first-order valence-electron chi connectivity index (χ1n) is 12.1. The minimum Gasteiger partial charge on any atom is -0.491 e. The molecule has 0 amide bonds. The summed E-state index contributed by atoms with van der Waals surface area (Å²) in [7, 11) is 0. The van der Waals surface area contributed by atoms with E-state index in [0.29, 0.717) is 24.0 Å². The summed E-state index contributed by atoms with van der Waals surface area (Å²) in [6, 6.07) is 3.29. The van der Waals surface area contributed by atoms with Gasteiger partial charge in [-0.1, -0.05) is 56.6 Å². The molecule has 2 aliphatic carbocycles. The van der Waals surface area contributed by atoms with Crippen LogP contribution in [-0.4, -0.2) is 6.61 Å². The molecule has 1 aromatic carbocycles. The van der Waals surface area contributed by atoms with E-state index >= 15 is 0 Å². The van der Waals surface area contributed by atoms with E-state index in [2.05, 4.69) is 31.2 Å². The van der Waals surface area contributed by atoms with Crippen LogP contribution in [0.15, 0.2) is 36.4 Å². The molecule has 166 valence electrons. The second-order valence-electron chi connectivity index (χ2n) is 9.09. The lowest BCUT2D eigenvalue weighted by Gasteiger charge is -2.28. The summed E-state index contributed by atoms with van der Waals surface area (Å²) < 4.78 is 33.9. The van der Waals surface area contributed by atoms with E-state index in [1.807, 2.05) is 0 Å². The van der Waals surface area contributed by atoms with Gasteiger partial charge in [0.2, 0.25) is 5.82 Å². The van der Waals surface area contributed by atoms with Gasteiger partial charge in [-0.05, 0) is 87.2 Å². The van der Waals surface area contributed by atoms with Gasteiger partial charge < -0.3 is 4.74 Å². The van der Waals surface area contributed by atoms with Gasteiger partial charge in [-0.3, -0.25) is 0 Å². The van der Waals surface area contributed by atoms with Crippen molar-refractivity contribution in [3.63, 3.8) is 0 Å². The van der Waals surface area contributed by atoms with Gasteiger partial charge in [-0.25, -0.2) is 4.39 Å². The van der Waals surface area contributed by atoms with Crippen LogP contribution < -0.4 is 4.74 Å². The molecule has 3 heteroatoms. The number of ether oxygens (including phenoxy) is 1. The standard InChI is InChI=1S/C27H38F2O/c1-3-5-6-7-20-8-10-21(11-9-20)12-13-22-14-16-23(17-15-22)24-18-19-25(30-4-2)27(29)26(24)28/h8,10,12-13,18-23H,3-7,9,11,14-17H2,1-2H3/b13-12+. The number of rotatable bonds is 9. The Bertz CT molecular complexity index is 716. The summed E-state index contributed by atoms with van der Waals surface area (Å²) in [5.41, 5.74) is 0.516. The number of benzene rings is 1. The normalized spacial score (nSPS) is 26.9. The summed E-state index contributed by atoms with van der Waals surface area (Å²) in [6.45, 7) is 4.37. The topological polar surface area (TPSA) is 9.23 Å². The molecule has 0 aromatic heterocycles. The summed E-state index contributed by atoms with van der Waals surface area (Å²) >= 11 is 0. The lowest BCUT2D eigenvalue weighted by molar-refractivity contribution is 0.310. The smallest absolute Gasteiger partial charge is 0.200 e. The average Bonchev–Trinajstić information content (AvgIpc) is 2.77. The molecule has 0 aliphatic heterocycles. The number of halogens is 2. The van der Waals surface area contributed by atoms with Gasteiger partial charge in [-0.2, -0.15) is 4.39 Å². The second-order valence-corrected chi connectivity index (χ2v) is 9.09. The fourth-order valence-electron chi connectivity index (χ4n) is 5.01. The first kappa shape index (κ1) is 23.0. The molecule has 1 aromatic rings. The lowest BCUT2D eigenvalue weighted by atomic mass is 9.77. The van der Waals surface area contributed by atoms with Gasteiger partial charge in [0.25, 0.3) is 0 Å². The van der Waals surface area contributed by atoms with Crippen molar-refractivity contribution in [2.24, 2.45) is 17.8 Å². The van der Waals surface area contributed by atoms with Gasteiger partial charge >= 0.3 is 0 Å². The van der Waals surface area contributed by atoms with Crippen LogP contribution in [0.4, 0.5) is 8.78 Å². The average molecular weight is 417 g/mol. The van der Waals surface area contributed by atoms with Crippen molar-refractivity contribution in [1.29, 1.82) is 0 Å². The molecule has 3 rings (SSSR count). The highest BCUT2D eigenvalue weighted by Crippen LogP contribution is 2.39. The van der Waals surface area contributed by atoms with Gasteiger partial charge in [-0.15, -0.1) is 0 Å². The Kier molecular flexibility index (Phi) is 8.96. The van der Waals surface area contributed by atoms with E-state index in [9.17, 15) is 8.78 Å². The van der Waals surface area contributed by atoms with Crippen LogP contribution in [0.25, 0.3) is 0 Å².